The lowest BCUT2D eigenvalue weighted by Crippen LogP contribution is -2.09. The van der Waals surface area contributed by atoms with Gasteiger partial charge in [0.05, 0.1) is 24.2 Å². The summed E-state index contributed by atoms with van der Waals surface area (Å²) in [5.74, 6) is 0.121. The Kier molecular flexibility index (Phi) is 3.10. The Morgan fingerprint density at radius 3 is 2.90 bits per heavy atom. The van der Waals surface area contributed by atoms with Gasteiger partial charge in [-0.15, -0.1) is 0 Å². The average Bonchev–Trinajstić information content (AvgIpc) is 3.03. The second-order valence-corrected chi connectivity index (χ2v) is 5.33. The van der Waals surface area contributed by atoms with Gasteiger partial charge in [0.1, 0.15) is 0 Å². The van der Waals surface area contributed by atoms with Gasteiger partial charge in [0.2, 0.25) is 5.95 Å². The quantitative estimate of drug-likeness (QED) is 0.804. The van der Waals surface area contributed by atoms with E-state index < -0.39 is 5.82 Å². The molecule has 1 unspecified atom stereocenters. The molecule has 0 aliphatic rings. The van der Waals surface area contributed by atoms with E-state index in [-0.39, 0.29) is 11.8 Å². The lowest BCUT2D eigenvalue weighted by atomic mass is 10.1. The second-order valence-electron chi connectivity index (χ2n) is 4.55. The summed E-state index contributed by atoms with van der Waals surface area (Å²) < 4.78 is 20.6. The van der Waals surface area contributed by atoms with Crippen molar-refractivity contribution in [1.82, 2.24) is 9.55 Å². The molecule has 0 aliphatic carbocycles. The SMILES string of the molecule is COc1cc2c(cc1F)nc(N)n2C(C)c1ccsc1. The Hall–Kier alpha value is -2.08. The molecule has 6 heteroatoms. The van der Waals surface area contributed by atoms with E-state index in [1.165, 1.54) is 13.2 Å². The maximum atomic E-state index is 13.7. The molecule has 4 nitrogen and oxygen atoms in total. The minimum Gasteiger partial charge on any atom is -0.494 e. The van der Waals surface area contributed by atoms with E-state index in [0.717, 1.165) is 11.1 Å². The zero-order valence-electron chi connectivity index (χ0n) is 11.1. The van der Waals surface area contributed by atoms with Gasteiger partial charge in [-0.1, -0.05) is 0 Å². The molecule has 104 valence electrons. The molecule has 3 aromatic rings. The summed E-state index contributed by atoms with van der Waals surface area (Å²) in [5, 5.41) is 4.08. The molecule has 2 aromatic heterocycles. The number of benzene rings is 1. The lowest BCUT2D eigenvalue weighted by molar-refractivity contribution is 0.387. The van der Waals surface area contributed by atoms with Crippen molar-refractivity contribution in [3.8, 4) is 5.75 Å². The summed E-state index contributed by atoms with van der Waals surface area (Å²) in [6, 6.07) is 5.06. The van der Waals surface area contributed by atoms with Gasteiger partial charge in [-0.05, 0) is 29.3 Å². The molecule has 0 saturated carbocycles. The third kappa shape index (κ3) is 1.92. The van der Waals surface area contributed by atoms with E-state index in [4.69, 9.17) is 10.5 Å². The van der Waals surface area contributed by atoms with Gasteiger partial charge in [-0.2, -0.15) is 11.3 Å². The van der Waals surface area contributed by atoms with Crippen molar-refractivity contribution in [2.75, 3.05) is 12.8 Å². The minimum absolute atomic E-state index is 0.0291. The Morgan fingerprint density at radius 2 is 2.25 bits per heavy atom. The van der Waals surface area contributed by atoms with Crippen LogP contribution < -0.4 is 10.5 Å². The molecule has 1 aromatic carbocycles. The highest BCUT2D eigenvalue weighted by Crippen LogP contribution is 2.31. The van der Waals surface area contributed by atoms with Crippen LogP contribution >= 0.6 is 11.3 Å². The number of methoxy groups -OCH3 is 1. The monoisotopic (exact) mass is 291 g/mol. The van der Waals surface area contributed by atoms with Crippen molar-refractivity contribution >= 4 is 28.3 Å². The van der Waals surface area contributed by atoms with Crippen LogP contribution in [0.3, 0.4) is 0 Å². The fraction of sp³-hybridized carbons (Fsp3) is 0.214. The first-order chi connectivity index (χ1) is 9.61. The van der Waals surface area contributed by atoms with Gasteiger partial charge in [-0.3, -0.25) is 0 Å². The maximum Gasteiger partial charge on any atom is 0.201 e. The number of rotatable bonds is 3. The number of anilines is 1. The van der Waals surface area contributed by atoms with Crippen LogP contribution in [0.15, 0.2) is 29.0 Å². The molecule has 0 spiro atoms. The molecule has 0 saturated heterocycles. The molecular weight excluding hydrogens is 277 g/mol. The molecule has 1 atom stereocenters. The van der Waals surface area contributed by atoms with Crippen molar-refractivity contribution in [1.29, 1.82) is 0 Å². The topological polar surface area (TPSA) is 53.1 Å². The molecular formula is C14H14FN3OS. The number of fused-ring (bicyclic) bond motifs is 1. The molecule has 0 bridgehead atoms. The third-order valence-corrected chi connectivity index (χ3v) is 4.10. The summed E-state index contributed by atoms with van der Waals surface area (Å²) in [7, 11) is 1.44. The molecule has 2 heterocycles. The number of ether oxygens (including phenoxy) is 1. The van der Waals surface area contributed by atoms with Crippen molar-refractivity contribution in [3.63, 3.8) is 0 Å². The van der Waals surface area contributed by atoms with Crippen molar-refractivity contribution in [2.45, 2.75) is 13.0 Å². The van der Waals surface area contributed by atoms with E-state index in [2.05, 4.69) is 10.4 Å². The highest BCUT2D eigenvalue weighted by atomic mass is 32.1. The van der Waals surface area contributed by atoms with Gasteiger partial charge in [0, 0.05) is 12.1 Å². The van der Waals surface area contributed by atoms with Gasteiger partial charge in [0.15, 0.2) is 11.6 Å². The number of nitrogen functional groups attached to an aromatic ring is 1. The molecule has 2 N–H and O–H groups in total. The zero-order chi connectivity index (χ0) is 14.3. The molecule has 20 heavy (non-hydrogen) atoms. The summed E-state index contributed by atoms with van der Waals surface area (Å²) in [6.07, 6.45) is 0. The minimum atomic E-state index is -0.437. The van der Waals surface area contributed by atoms with Crippen LogP contribution in [0, 0.1) is 5.82 Å². The van der Waals surface area contributed by atoms with Gasteiger partial charge < -0.3 is 15.0 Å². The van der Waals surface area contributed by atoms with E-state index in [0.29, 0.717) is 11.5 Å². The van der Waals surface area contributed by atoms with Crippen molar-refractivity contribution in [3.05, 3.63) is 40.3 Å². The number of aromatic nitrogens is 2. The first-order valence-electron chi connectivity index (χ1n) is 6.15. The van der Waals surface area contributed by atoms with Crippen LogP contribution in [0.4, 0.5) is 10.3 Å². The maximum absolute atomic E-state index is 13.7. The number of nitrogens with two attached hydrogens (primary N) is 1. The zero-order valence-corrected chi connectivity index (χ0v) is 11.9. The number of hydrogen-bond donors (Lipinski definition) is 1. The van der Waals surface area contributed by atoms with Crippen LogP contribution in [0.2, 0.25) is 0 Å². The van der Waals surface area contributed by atoms with Crippen LogP contribution in [0.25, 0.3) is 11.0 Å². The average molecular weight is 291 g/mol. The second kappa shape index (κ2) is 4.79. The standard InChI is InChI=1S/C14H14FN3OS/c1-8(9-3-4-20-7-9)18-12-6-13(19-2)10(15)5-11(12)17-14(18)16/h3-8H,1-2H3,(H2,16,17). The fourth-order valence-corrected chi connectivity index (χ4v) is 3.09. The third-order valence-electron chi connectivity index (χ3n) is 3.40. The van der Waals surface area contributed by atoms with E-state index in [9.17, 15) is 4.39 Å². The lowest BCUT2D eigenvalue weighted by Gasteiger charge is -2.15. The molecule has 0 fully saturated rings. The van der Waals surface area contributed by atoms with Crippen LogP contribution in [0.5, 0.6) is 5.75 Å². The number of halogens is 1. The van der Waals surface area contributed by atoms with Crippen LogP contribution in [0.1, 0.15) is 18.5 Å². The normalized spacial score (nSPS) is 12.8. The van der Waals surface area contributed by atoms with Crippen LogP contribution in [-0.4, -0.2) is 16.7 Å². The number of hydrogen-bond acceptors (Lipinski definition) is 4. The van der Waals surface area contributed by atoms with Crippen molar-refractivity contribution < 1.29 is 9.13 Å². The molecule has 0 radical (unpaired) electrons. The number of imidazole rings is 1. The molecule has 3 rings (SSSR count). The summed E-state index contributed by atoms with van der Waals surface area (Å²) in [4.78, 5) is 4.23. The van der Waals surface area contributed by atoms with Gasteiger partial charge in [-0.25, -0.2) is 9.37 Å². The Balaban J connectivity index is 2.22. The predicted octanol–water partition coefficient (Wildman–Crippen LogP) is 3.44. The highest BCUT2D eigenvalue weighted by Gasteiger charge is 2.18. The van der Waals surface area contributed by atoms with E-state index >= 15 is 0 Å². The summed E-state index contributed by atoms with van der Waals surface area (Å²) >= 11 is 1.63. The first kappa shape index (κ1) is 12.9. The highest BCUT2D eigenvalue weighted by molar-refractivity contribution is 7.07. The number of nitrogens with zero attached hydrogens (tertiary/aromatic N) is 2. The Labute approximate surface area is 119 Å². The summed E-state index contributed by atoms with van der Waals surface area (Å²) in [5.41, 5.74) is 8.43. The summed E-state index contributed by atoms with van der Waals surface area (Å²) in [6.45, 7) is 2.04. The van der Waals surface area contributed by atoms with E-state index in [1.54, 1.807) is 17.4 Å². The fourth-order valence-electron chi connectivity index (χ4n) is 2.34. The predicted molar refractivity (Wildman–Crippen MR) is 78.8 cm³/mol. The van der Waals surface area contributed by atoms with E-state index in [1.807, 2.05) is 22.9 Å². The number of thiophene rings is 1. The van der Waals surface area contributed by atoms with Gasteiger partial charge in [0.25, 0.3) is 0 Å². The Morgan fingerprint density at radius 1 is 1.45 bits per heavy atom. The molecule has 0 aliphatic heterocycles. The Bertz CT molecular complexity index is 751. The molecule has 0 amide bonds. The van der Waals surface area contributed by atoms with Crippen LogP contribution in [-0.2, 0) is 0 Å². The first-order valence-corrected chi connectivity index (χ1v) is 7.09. The van der Waals surface area contributed by atoms with Crippen molar-refractivity contribution in [2.24, 2.45) is 0 Å². The largest absolute Gasteiger partial charge is 0.494 e. The smallest absolute Gasteiger partial charge is 0.201 e. The van der Waals surface area contributed by atoms with Gasteiger partial charge >= 0.3 is 0 Å².